The lowest BCUT2D eigenvalue weighted by Crippen LogP contribution is -2.07. The maximum absolute atomic E-state index is 5.74. The number of nitrogens with zero attached hydrogens (tertiary/aromatic N) is 3. The average Bonchev–Trinajstić information content (AvgIpc) is 2.97. The molecule has 106 valence electrons. The van der Waals surface area contributed by atoms with E-state index in [1.165, 1.54) is 11.1 Å². The van der Waals surface area contributed by atoms with E-state index in [9.17, 15) is 0 Å². The molecule has 1 heterocycles. The van der Waals surface area contributed by atoms with Gasteiger partial charge in [-0.3, -0.25) is 0 Å². The van der Waals surface area contributed by atoms with Crippen LogP contribution in [0.15, 0.2) is 66.9 Å². The van der Waals surface area contributed by atoms with Crippen LogP contribution in [0.4, 0.5) is 0 Å². The van der Waals surface area contributed by atoms with Crippen LogP contribution < -0.4 is 0 Å². The van der Waals surface area contributed by atoms with Gasteiger partial charge >= 0.3 is 0 Å². The van der Waals surface area contributed by atoms with Crippen LogP contribution in [0, 0.1) is 0 Å². The smallest absolute Gasteiger partial charge is 0.0905 e. The Morgan fingerprint density at radius 1 is 0.810 bits per heavy atom. The maximum atomic E-state index is 5.74. The SMILES string of the molecule is c1ccc(COCc2cnnn2Cc2ccccc2)cc1. The number of rotatable bonds is 6. The lowest BCUT2D eigenvalue weighted by atomic mass is 10.2. The van der Waals surface area contributed by atoms with Gasteiger partial charge in [0.1, 0.15) is 0 Å². The van der Waals surface area contributed by atoms with E-state index in [1.807, 2.05) is 41.1 Å². The Bertz CT molecular complexity index is 665. The highest BCUT2D eigenvalue weighted by Crippen LogP contribution is 2.07. The molecule has 0 atom stereocenters. The van der Waals surface area contributed by atoms with E-state index < -0.39 is 0 Å². The number of aromatic nitrogens is 3. The van der Waals surface area contributed by atoms with Crippen molar-refractivity contribution in [2.24, 2.45) is 0 Å². The first-order valence-electron chi connectivity index (χ1n) is 6.95. The molecule has 2 aromatic carbocycles. The Kier molecular flexibility index (Phi) is 4.39. The maximum Gasteiger partial charge on any atom is 0.0905 e. The van der Waals surface area contributed by atoms with Crippen LogP contribution in [-0.4, -0.2) is 15.0 Å². The van der Waals surface area contributed by atoms with Gasteiger partial charge in [-0.2, -0.15) is 0 Å². The van der Waals surface area contributed by atoms with Crippen LogP contribution in [-0.2, 0) is 24.5 Å². The van der Waals surface area contributed by atoms with Crippen molar-refractivity contribution in [1.82, 2.24) is 15.0 Å². The van der Waals surface area contributed by atoms with Crippen molar-refractivity contribution in [1.29, 1.82) is 0 Å². The van der Waals surface area contributed by atoms with E-state index in [4.69, 9.17) is 4.74 Å². The van der Waals surface area contributed by atoms with Gasteiger partial charge < -0.3 is 4.74 Å². The van der Waals surface area contributed by atoms with Crippen molar-refractivity contribution in [3.8, 4) is 0 Å². The van der Waals surface area contributed by atoms with Crippen LogP contribution in [0.25, 0.3) is 0 Å². The Balaban J connectivity index is 1.58. The zero-order valence-electron chi connectivity index (χ0n) is 11.7. The lowest BCUT2D eigenvalue weighted by Gasteiger charge is -2.07. The van der Waals surface area contributed by atoms with Gasteiger partial charge in [0.25, 0.3) is 0 Å². The summed E-state index contributed by atoms with van der Waals surface area (Å²) in [6, 6.07) is 20.4. The average molecular weight is 279 g/mol. The van der Waals surface area contributed by atoms with Gasteiger partial charge in [-0.25, -0.2) is 4.68 Å². The lowest BCUT2D eigenvalue weighted by molar-refractivity contribution is 0.101. The monoisotopic (exact) mass is 279 g/mol. The van der Waals surface area contributed by atoms with Gasteiger partial charge in [0.15, 0.2) is 0 Å². The fourth-order valence-electron chi connectivity index (χ4n) is 2.13. The Hall–Kier alpha value is -2.46. The number of benzene rings is 2. The van der Waals surface area contributed by atoms with Crippen molar-refractivity contribution in [2.45, 2.75) is 19.8 Å². The largest absolute Gasteiger partial charge is 0.370 e. The van der Waals surface area contributed by atoms with E-state index in [2.05, 4.69) is 34.6 Å². The van der Waals surface area contributed by atoms with Gasteiger partial charge in [0.2, 0.25) is 0 Å². The summed E-state index contributed by atoms with van der Waals surface area (Å²) in [5.41, 5.74) is 3.35. The van der Waals surface area contributed by atoms with Crippen molar-refractivity contribution >= 4 is 0 Å². The fraction of sp³-hybridized carbons (Fsp3) is 0.176. The highest BCUT2D eigenvalue weighted by Gasteiger charge is 2.05. The molecule has 1 aromatic heterocycles. The third-order valence-electron chi connectivity index (χ3n) is 3.23. The molecule has 0 fully saturated rings. The molecule has 21 heavy (non-hydrogen) atoms. The Morgan fingerprint density at radius 2 is 1.48 bits per heavy atom. The van der Waals surface area contributed by atoms with Crippen molar-refractivity contribution < 1.29 is 4.74 Å². The minimum atomic E-state index is 0.509. The van der Waals surface area contributed by atoms with Crippen LogP contribution in [0.5, 0.6) is 0 Å². The van der Waals surface area contributed by atoms with Crippen molar-refractivity contribution in [2.75, 3.05) is 0 Å². The summed E-state index contributed by atoms with van der Waals surface area (Å²) in [4.78, 5) is 0. The summed E-state index contributed by atoms with van der Waals surface area (Å²) < 4.78 is 7.62. The molecule has 0 N–H and O–H groups in total. The summed E-state index contributed by atoms with van der Waals surface area (Å²) in [7, 11) is 0. The molecule has 0 aliphatic rings. The molecule has 3 rings (SSSR count). The Labute approximate surface area is 124 Å². The van der Waals surface area contributed by atoms with Crippen LogP contribution in [0.1, 0.15) is 16.8 Å². The Morgan fingerprint density at radius 3 is 2.19 bits per heavy atom. The molecule has 4 nitrogen and oxygen atoms in total. The van der Waals surface area contributed by atoms with E-state index in [0.717, 1.165) is 5.69 Å². The molecule has 0 amide bonds. The second-order valence-corrected chi connectivity index (χ2v) is 4.85. The number of hydrogen-bond acceptors (Lipinski definition) is 3. The predicted octanol–water partition coefficient (Wildman–Crippen LogP) is 3.04. The molecule has 0 aliphatic heterocycles. The topological polar surface area (TPSA) is 39.9 Å². The summed E-state index contributed by atoms with van der Waals surface area (Å²) in [5.74, 6) is 0. The molecule has 0 saturated heterocycles. The quantitative estimate of drug-likeness (QED) is 0.696. The van der Waals surface area contributed by atoms with Gasteiger partial charge in [-0.05, 0) is 11.1 Å². The standard InChI is InChI=1S/C17H17N3O/c1-3-7-15(8-4-1)12-20-17(11-18-19-20)14-21-13-16-9-5-2-6-10-16/h1-11H,12-14H2. The molecule has 3 aromatic rings. The normalized spacial score (nSPS) is 10.7. The van der Waals surface area contributed by atoms with E-state index in [1.54, 1.807) is 6.20 Å². The third-order valence-corrected chi connectivity index (χ3v) is 3.23. The van der Waals surface area contributed by atoms with Crippen LogP contribution in [0.2, 0.25) is 0 Å². The molecular formula is C17H17N3O. The zero-order valence-corrected chi connectivity index (χ0v) is 11.7. The zero-order chi connectivity index (χ0) is 14.3. The van der Waals surface area contributed by atoms with Gasteiger partial charge in [0.05, 0.1) is 31.6 Å². The minimum Gasteiger partial charge on any atom is -0.370 e. The predicted molar refractivity (Wildman–Crippen MR) is 80.5 cm³/mol. The molecule has 0 unspecified atom stereocenters. The first kappa shape index (κ1) is 13.5. The van der Waals surface area contributed by atoms with E-state index in [0.29, 0.717) is 19.8 Å². The summed E-state index contributed by atoms with van der Waals surface area (Å²) in [5, 5.41) is 8.10. The van der Waals surface area contributed by atoms with Crippen LogP contribution >= 0.6 is 0 Å². The molecule has 0 radical (unpaired) electrons. The molecule has 0 spiro atoms. The number of hydrogen-bond donors (Lipinski definition) is 0. The first-order valence-corrected chi connectivity index (χ1v) is 6.95. The van der Waals surface area contributed by atoms with Gasteiger partial charge in [-0.15, -0.1) is 5.10 Å². The first-order chi connectivity index (χ1) is 10.4. The minimum absolute atomic E-state index is 0.509. The van der Waals surface area contributed by atoms with Gasteiger partial charge in [0, 0.05) is 0 Å². The number of ether oxygens (including phenoxy) is 1. The fourth-order valence-corrected chi connectivity index (χ4v) is 2.13. The van der Waals surface area contributed by atoms with Crippen molar-refractivity contribution in [3.63, 3.8) is 0 Å². The van der Waals surface area contributed by atoms with Gasteiger partial charge in [-0.1, -0.05) is 65.9 Å². The van der Waals surface area contributed by atoms with Crippen LogP contribution in [0.3, 0.4) is 0 Å². The highest BCUT2D eigenvalue weighted by atomic mass is 16.5. The molecule has 0 aliphatic carbocycles. The molecule has 0 bridgehead atoms. The second-order valence-electron chi connectivity index (χ2n) is 4.85. The van der Waals surface area contributed by atoms with Crippen molar-refractivity contribution in [3.05, 3.63) is 83.7 Å². The molecule has 0 saturated carbocycles. The summed E-state index contributed by atoms with van der Waals surface area (Å²) >= 11 is 0. The third kappa shape index (κ3) is 3.77. The summed E-state index contributed by atoms with van der Waals surface area (Å²) in [6.45, 7) is 1.82. The molecular weight excluding hydrogens is 262 g/mol. The second kappa shape index (κ2) is 6.81. The van der Waals surface area contributed by atoms with E-state index >= 15 is 0 Å². The summed E-state index contributed by atoms with van der Waals surface area (Å²) in [6.07, 6.45) is 1.76. The van der Waals surface area contributed by atoms with E-state index in [-0.39, 0.29) is 0 Å². The molecule has 4 heteroatoms. The highest BCUT2D eigenvalue weighted by molar-refractivity contribution is 5.15.